The number of nitrogens with one attached hydrogen (secondary N) is 1. The Labute approximate surface area is 139 Å². The summed E-state index contributed by atoms with van der Waals surface area (Å²) >= 11 is 0. The fourth-order valence-corrected chi connectivity index (χ4v) is 3.41. The molecule has 1 rings (SSSR count). The predicted molar refractivity (Wildman–Crippen MR) is 81.5 cm³/mol. The molecule has 0 spiro atoms. The maximum absolute atomic E-state index is 14.4. The minimum absolute atomic E-state index is 0.336. The highest BCUT2D eigenvalue weighted by atomic mass is 28.4. The number of carbonyl (C=O) groups is 1. The van der Waals surface area contributed by atoms with Gasteiger partial charge in [0.1, 0.15) is 6.10 Å². The Bertz CT molecular complexity index is 467. The molecule has 24 heavy (non-hydrogen) atoms. The Balaban J connectivity index is 3.10. The molecule has 2 N–H and O–H groups in total. The first-order valence-electron chi connectivity index (χ1n) is 7.61. The van der Waals surface area contributed by atoms with Gasteiger partial charge in [-0.25, -0.2) is 4.39 Å². The van der Waals surface area contributed by atoms with Gasteiger partial charge in [0.15, 0.2) is 20.8 Å². The van der Waals surface area contributed by atoms with Crippen LogP contribution in [0.4, 0.5) is 17.6 Å². The summed E-state index contributed by atoms with van der Waals surface area (Å²) in [6, 6.07) is -1.37. The molecule has 0 aromatic rings. The van der Waals surface area contributed by atoms with Crippen LogP contribution in [0.1, 0.15) is 27.7 Å². The average molecular weight is 375 g/mol. The highest BCUT2D eigenvalue weighted by molar-refractivity contribution is 6.74. The molecule has 1 heterocycles. The number of ether oxygens (including phenoxy) is 1. The minimum atomic E-state index is -5.11. The summed E-state index contributed by atoms with van der Waals surface area (Å²) in [5, 5.41) is 11.0. The number of amides is 1. The molecule has 0 saturated carbocycles. The van der Waals surface area contributed by atoms with E-state index in [-0.39, 0.29) is 5.04 Å². The number of aliphatic hydroxyl groups excluding tert-OH is 1. The first-order valence-corrected chi connectivity index (χ1v) is 10.5. The average Bonchev–Trinajstić information content (AvgIpc) is 2.37. The molecule has 1 aliphatic heterocycles. The molecule has 0 bridgehead atoms. The fraction of sp³-hybridized carbons (Fsp3) is 0.929. The van der Waals surface area contributed by atoms with E-state index in [0.717, 1.165) is 0 Å². The van der Waals surface area contributed by atoms with Gasteiger partial charge < -0.3 is 19.6 Å². The van der Waals surface area contributed by atoms with Crippen LogP contribution in [0.25, 0.3) is 0 Å². The van der Waals surface area contributed by atoms with Crippen LogP contribution in [0.15, 0.2) is 0 Å². The van der Waals surface area contributed by atoms with Gasteiger partial charge in [-0.05, 0) is 25.1 Å². The Kier molecular flexibility index (Phi) is 6.12. The number of rotatable bonds is 3. The molecule has 10 heteroatoms. The highest BCUT2D eigenvalue weighted by Gasteiger charge is 2.52. The first-order chi connectivity index (χ1) is 10.6. The topological polar surface area (TPSA) is 67.8 Å². The smallest absolute Gasteiger partial charge is 0.409 e. The molecule has 0 radical (unpaired) electrons. The van der Waals surface area contributed by atoms with Crippen molar-refractivity contribution in [2.45, 2.75) is 82.7 Å². The molecule has 5 nitrogen and oxygen atoms in total. The summed E-state index contributed by atoms with van der Waals surface area (Å²) in [5.41, 5.74) is 0. The van der Waals surface area contributed by atoms with Crippen molar-refractivity contribution in [2.75, 3.05) is 0 Å². The number of hydrogen-bond acceptors (Lipinski definition) is 4. The lowest BCUT2D eigenvalue weighted by Crippen LogP contribution is -2.66. The van der Waals surface area contributed by atoms with Crippen LogP contribution in [0.2, 0.25) is 18.1 Å². The number of halogens is 4. The summed E-state index contributed by atoms with van der Waals surface area (Å²) < 4.78 is 62.8. The molecular weight excluding hydrogens is 350 g/mol. The van der Waals surface area contributed by atoms with Crippen LogP contribution < -0.4 is 5.32 Å². The van der Waals surface area contributed by atoms with Crippen LogP contribution in [-0.2, 0) is 14.0 Å². The van der Waals surface area contributed by atoms with E-state index >= 15 is 0 Å². The largest absolute Gasteiger partial charge is 0.471 e. The van der Waals surface area contributed by atoms with E-state index in [1.54, 1.807) is 18.4 Å². The molecular formula is C14H25F4NO4Si. The number of alkyl halides is 4. The molecule has 0 aromatic heterocycles. The minimum Gasteiger partial charge on any atom is -0.409 e. The Morgan fingerprint density at radius 2 is 1.75 bits per heavy atom. The molecule has 142 valence electrons. The van der Waals surface area contributed by atoms with Gasteiger partial charge in [0, 0.05) is 0 Å². The van der Waals surface area contributed by atoms with Crippen molar-refractivity contribution < 1.29 is 36.6 Å². The number of aliphatic hydroxyl groups is 1. The zero-order valence-electron chi connectivity index (χ0n) is 14.6. The van der Waals surface area contributed by atoms with Gasteiger partial charge in [-0.2, -0.15) is 13.2 Å². The second kappa shape index (κ2) is 6.89. The fourth-order valence-electron chi connectivity index (χ4n) is 2.10. The van der Waals surface area contributed by atoms with Crippen molar-refractivity contribution in [2.24, 2.45) is 0 Å². The predicted octanol–water partition coefficient (Wildman–Crippen LogP) is 2.50. The van der Waals surface area contributed by atoms with E-state index in [9.17, 15) is 27.5 Å². The molecule has 1 saturated heterocycles. The Morgan fingerprint density at radius 1 is 1.25 bits per heavy atom. The van der Waals surface area contributed by atoms with E-state index in [2.05, 4.69) is 0 Å². The maximum Gasteiger partial charge on any atom is 0.471 e. The van der Waals surface area contributed by atoms with Crippen molar-refractivity contribution in [3.8, 4) is 0 Å². The van der Waals surface area contributed by atoms with E-state index in [4.69, 9.17) is 9.16 Å². The van der Waals surface area contributed by atoms with Crippen LogP contribution in [-0.4, -0.2) is 56.2 Å². The molecule has 0 aromatic carbocycles. The molecule has 0 aliphatic carbocycles. The Hall–Kier alpha value is -0.713. The van der Waals surface area contributed by atoms with Gasteiger partial charge in [0.2, 0.25) is 0 Å². The summed E-state index contributed by atoms with van der Waals surface area (Å²) in [6.45, 7) is 10.6. The monoisotopic (exact) mass is 375 g/mol. The quantitative estimate of drug-likeness (QED) is 0.588. The summed E-state index contributed by atoms with van der Waals surface area (Å²) in [5.74, 6) is -2.20. The third-order valence-corrected chi connectivity index (χ3v) is 9.07. The zero-order valence-corrected chi connectivity index (χ0v) is 15.6. The standard InChI is InChI=1S/C14H25F4NO4Si/c1-7-9(19-12(21)14(16,17)18)10(8(15)11(20)22-7)23-24(5,6)13(2,3)4/h7-11,20H,1-6H3,(H,19,21)/t7-,8-,9-,10-,11+/m1/s1. The van der Waals surface area contributed by atoms with Crippen LogP contribution in [0.5, 0.6) is 0 Å². The normalized spacial score (nSPS) is 32.5. The lowest BCUT2D eigenvalue weighted by molar-refractivity contribution is -0.234. The zero-order chi connectivity index (χ0) is 19.1. The molecule has 1 fully saturated rings. The van der Waals surface area contributed by atoms with Gasteiger partial charge >= 0.3 is 12.1 Å². The Morgan fingerprint density at radius 3 is 2.17 bits per heavy atom. The van der Waals surface area contributed by atoms with Crippen LogP contribution in [0, 0.1) is 0 Å². The molecule has 0 unspecified atom stereocenters. The second-order valence-electron chi connectivity index (χ2n) is 7.52. The first kappa shape index (κ1) is 21.3. The van der Waals surface area contributed by atoms with Gasteiger partial charge in [0.25, 0.3) is 0 Å². The van der Waals surface area contributed by atoms with E-state index in [1.165, 1.54) is 6.92 Å². The van der Waals surface area contributed by atoms with Gasteiger partial charge in [0.05, 0.1) is 12.1 Å². The number of carbonyl (C=O) groups excluding carboxylic acids is 1. The van der Waals surface area contributed by atoms with E-state index < -0.39 is 51.1 Å². The third kappa shape index (κ3) is 4.68. The molecule has 5 atom stereocenters. The highest BCUT2D eigenvalue weighted by Crippen LogP contribution is 2.39. The van der Waals surface area contributed by atoms with Crippen molar-refractivity contribution in [3.05, 3.63) is 0 Å². The summed E-state index contributed by atoms with van der Waals surface area (Å²) in [7, 11) is -2.57. The van der Waals surface area contributed by atoms with Gasteiger partial charge in [-0.3, -0.25) is 4.79 Å². The lowest BCUT2D eigenvalue weighted by atomic mass is 9.98. The lowest BCUT2D eigenvalue weighted by Gasteiger charge is -2.47. The second-order valence-corrected chi connectivity index (χ2v) is 12.3. The summed E-state index contributed by atoms with van der Waals surface area (Å²) in [4.78, 5) is 11.3. The number of hydrogen-bond donors (Lipinski definition) is 2. The summed E-state index contributed by atoms with van der Waals surface area (Å²) in [6.07, 6.45) is -11.5. The van der Waals surface area contributed by atoms with Crippen molar-refractivity contribution >= 4 is 14.2 Å². The van der Waals surface area contributed by atoms with Crippen molar-refractivity contribution in [1.29, 1.82) is 0 Å². The van der Waals surface area contributed by atoms with Crippen LogP contribution in [0.3, 0.4) is 0 Å². The molecule has 1 aliphatic rings. The van der Waals surface area contributed by atoms with Crippen LogP contribution >= 0.6 is 0 Å². The van der Waals surface area contributed by atoms with E-state index in [1.807, 2.05) is 20.8 Å². The maximum atomic E-state index is 14.4. The van der Waals surface area contributed by atoms with Crippen molar-refractivity contribution in [1.82, 2.24) is 5.32 Å². The van der Waals surface area contributed by atoms with E-state index in [0.29, 0.717) is 0 Å². The third-order valence-electron chi connectivity index (χ3n) is 4.59. The SMILES string of the molecule is C[C@H]1O[C@H](O)[C@H](F)[C@@H](O[Si](C)(C)C(C)(C)C)[C@@H]1NC(=O)C(F)(F)F. The molecule has 1 amide bonds. The van der Waals surface area contributed by atoms with Gasteiger partial charge in [-0.15, -0.1) is 0 Å². The van der Waals surface area contributed by atoms with Crippen molar-refractivity contribution in [3.63, 3.8) is 0 Å². The van der Waals surface area contributed by atoms with Gasteiger partial charge in [-0.1, -0.05) is 20.8 Å².